The van der Waals surface area contributed by atoms with E-state index in [1.165, 1.54) is 24.3 Å². The van der Waals surface area contributed by atoms with Crippen LogP contribution in [0.15, 0.2) is 42.5 Å². The van der Waals surface area contributed by atoms with Gasteiger partial charge in [0.1, 0.15) is 11.4 Å². The predicted molar refractivity (Wildman–Crippen MR) is 87.0 cm³/mol. The highest BCUT2D eigenvalue weighted by atomic mass is 35.5. The van der Waals surface area contributed by atoms with Crippen molar-refractivity contribution in [3.05, 3.63) is 63.2 Å². The van der Waals surface area contributed by atoms with Gasteiger partial charge >= 0.3 is 0 Å². The SMILES string of the molecule is O=C(NCCNc1ccccc1[N+](=O)[O-])c1cc(Cl)ccc1O. The molecule has 2 rings (SSSR count). The van der Waals surface area contributed by atoms with Crippen molar-refractivity contribution in [2.24, 2.45) is 0 Å². The molecule has 0 aliphatic heterocycles. The molecule has 1 amide bonds. The Labute approximate surface area is 137 Å². The molecule has 0 saturated heterocycles. The van der Waals surface area contributed by atoms with Crippen molar-refractivity contribution in [1.82, 2.24) is 5.32 Å². The lowest BCUT2D eigenvalue weighted by Gasteiger charge is -2.09. The molecule has 7 nitrogen and oxygen atoms in total. The monoisotopic (exact) mass is 335 g/mol. The number of carbonyl (C=O) groups excluding carboxylic acids is 1. The Balaban J connectivity index is 1.90. The smallest absolute Gasteiger partial charge is 0.292 e. The third-order valence-electron chi connectivity index (χ3n) is 3.03. The van der Waals surface area contributed by atoms with Gasteiger partial charge in [0.25, 0.3) is 11.6 Å². The number of nitrogens with one attached hydrogen (secondary N) is 2. The van der Waals surface area contributed by atoms with Gasteiger partial charge in [0, 0.05) is 24.2 Å². The van der Waals surface area contributed by atoms with Gasteiger partial charge < -0.3 is 15.7 Å². The number of nitro benzene ring substituents is 1. The van der Waals surface area contributed by atoms with Gasteiger partial charge in [0.05, 0.1) is 10.5 Å². The molecule has 0 bridgehead atoms. The summed E-state index contributed by atoms with van der Waals surface area (Å²) < 4.78 is 0. The summed E-state index contributed by atoms with van der Waals surface area (Å²) in [6, 6.07) is 10.4. The van der Waals surface area contributed by atoms with Crippen LogP contribution in [0.5, 0.6) is 5.75 Å². The summed E-state index contributed by atoms with van der Waals surface area (Å²) in [7, 11) is 0. The van der Waals surface area contributed by atoms with Crippen LogP contribution in [-0.4, -0.2) is 29.0 Å². The van der Waals surface area contributed by atoms with Gasteiger partial charge in [0.2, 0.25) is 0 Å². The van der Waals surface area contributed by atoms with Gasteiger partial charge in [-0.3, -0.25) is 14.9 Å². The van der Waals surface area contributed by atoms with Crippen LogP contribution >= 0.6 is 11.6 Å². The van der Waals surface area contributed by atoms with Crippen LogP contribution in [0.2, 0.25) is 5.02 Å². The number of amides is 1. The number of para-hydroxylation sites is 2. The van der Waals surface area contributed by atoms with E-state index in [0.717, 1.165) is 0 Å². The fourth-order valence-electron chi connectivity index (χ4n) is 1.94. The summed E-state index contributed by atoms with van der Waals surface area (Å²) in [4.78, 5) is 22.3. The lowest BCUT2D eigenvalue weighted by Crippen LogP contribution is -2.28. The Hall–Kier alpha value is -2.80. The highest BCUT2D eigenvalue weighted by Gasteiger charge is 2.13. The van der Waals surface area contributed by atoms with Gasteiger partial charge in [0.15, 0.2) is 0 Å². The van der Waals surface area contributed by atoms with E-state index in [1.807, 2.05) is 0 Å². The molecule has 2 aromatic rings. The molecule has 0 radical (unpaired) electrons. The van der Waals surface area contributed by atoms with E-state index < -0.39 is 10.8 Å². The first kappa shape index (κ1) is 16.6. The Morgan fingerprint density at radius 3 is 2.70 bits per heavy atom. The average Bonchev–Trinajstić information content (AvgIpc) is 2.53. The van der Waals surface area contributed by atoms with Crippen molar-refractivity contribution in [3.63, 3.8) is 0 Å². The van der Waals surface area contributed by atoms with E-state index in [9.17, 15) is 20.0 Å². The number of nitrogens with zero attached hydrogens (tertiary/aromatic N) is 1. The van der Waals surface area contributed by atoms with Gasteiger partial charge in [-0.2, -0.15) is 0 Å². The van der Waals surface area contributed by atoms with E-state index in [0.29, 0.717) is 10.7 Å². The first-order valence-corrected chi connectivity index (χ1v) is 7.11. The van der Waals surface area contributed by atoms with Crippen LogP contribution in [0.1, 0.15) is 10.4 Å². The van der Waals surface area contributed by atoms with Crippen LogP contribution in [0, 0.1) is 10.1 Å². The molecule has 0 heterocycles. The zero-order valence-corrected chi connectivity index (χ0v) is 12.7. The number of phenols is 1. The van der Waals surface area contributed by atoms with Crippen molar-refractivity contribution in [1.29, 1.82) is 0 Å². The molecule has 0 spiro atoms. The second kappa shape index (κ2) is 7.46. The van der Waals surface area contributed by atoms with Crippen LogP contribution < -0.4 is 10.6 Å². The largest absolute Gasteiger partial charge is 0.507 e. The van der Waals surface area contributed by atoms with E-state index in [4.69, 9.17) is 11.6 Å². The number of rotatable bonds is 6. The maximum Gasteiger partial charge on any atom is 0.292 e. The van der Waals surface area contributed by atoms with Gasteiger partial charge in [-0.05, 0) is 24.3 Å². The highest BCUT2D eigenvalue weighted by molar-refractivity contribution is 6.31. The summed E-state index contributed by atoms with van der Waals surface area (Å²) in [5, 5.41) is 26.3. The number of benzene rings is 2. The number of nitro groups is 1. The minimum absolute atomic E-state index is 0.0358. The zero-order valence-electron chi connectivity index (χ0n) is 12.0. The topological polar surface area (TPSA) is 104 Å². The maximum atomic E-state index is 11.9. The number of hydrogen-bond acceptors (Lipinski definition) is 5. The van der Waals surface area contributed by atoms with Gasteiger partial charge in [-0.25, -0.2) is 0 Å². The molecular formula is C15H14ClN3O4. The number of anilines is 1. The summed E-state index contributed by atoms with van der Waals surface area (Å²) in [5.41, 5.74) is 0.409. The molecule has 23 heavy (non-hydrogen) atoms. The molecule has 0 aromatic heterocycles. The Morgan fingerprint density at radius 2 is 1.96 bits per heavy atom. The van der Waals surface area contributed by atoms with Crippen LogP contribution in [0.25, 0.3) is 0 Å². The molecule has 0 atom stereocenters. The van der Waals surface area contributed by atoms with Gasteiger partial charge in [-0.15, -0.1) is 0 Å². The lowest BCUT2D eigenvalue weighted by atomic mass is 10.2. The lowest BCUT2D eigenvalue weighted by molar-refractivity contribution is -0.384. The van der Waals surface area contributed by atoms with Crippen molar-refractivity contribution in [3.8, 4) is 5.75 Å². The number of phenolic OH excluding ortho intramolecular Hbond substituents is 1. The van der Waals surface area contributed by atoms with Crippen molar-refractivity contribution < 1.29 is 14.8 Å². The predicted octanol–water partition coefficient (Wildman–Crippen LogP) is 2.80. The number of aromatic hydroxyl groups is 1. The standard InChI is InChI=1S/C15H14ClN3O4/c16-10-5-6-14(20)11(9-10)15(21)18-8-7-17-12-3-1-2-4-13(12)19(22)23/h1-6,9,17,20H,7-8H2,(H,18,21). The van der Waals surface area contributed by atoms with E-state index in [2.05, 4.69) is 10.6 Å². The molecular weight excluding hydrogens is 322 g/mol. The third kappa shape index (κ3) is 4.33. The van der Waals surface area contributed by atoms with Crippen LogP contribution in [0.4, 0.5) is 11.4 Å². The molecule has 120 valence electrons. The second-order valence-corrected chi connectivity index (χ2v) is 5.05. The van der Waals surface area contributed by atoms with Crippen LogP contribution in [-0.2, 0) is 0 Å². The van der Waals surface area contributed by atoms with Crippen molar-refractivity contribution >= 4 is 28.9 Å². The minimum Gasteiger partial charge on any atom is -0.507 e. The van der Waals surface area contributed by atoms with Crippen molar-refractivity contribution in [2.45, 2.75) is 0 Å². The second-order valence-electron chi connectivity index (χ2n) is 4.62. The maximum absolute atomic E-state index is 11.9. The number of carbonyl (C=O) groups is 1. The normalized spacial score (nSPS) is 10.1. The van der Waals surface area contributed by atoms with E-state index >= 15 is 0 Å². The first-order valence-electron chi connectivity index (χ1n) is 6.73. The third-order valence-corrected chi connectivity index (χ3v) is 3.27. The van der Waals surface area contributed by atoms with E-state index in [-0.39, 0.29) is 30.1 Å². The number of hydrogen-bond donors (Lipinski definition) is 3. The molecule has 0 aliphatic rings. The molecule has 0 fully saturated rings. The Bertz CT molecular complexity index is 736. The molecule has 0 unspecified atom stereocenters. The molecule has 2 aromatic carbocycles. The minimum atomic E-state index is -0.481. The molecule has 0 saturated carbocycles. The summed E-state index contributed by atoms with van der Waals surface area (Å²) >= 11 is 5.78. The molecule has 3 N–H and O–H groups in total. The van der Waals surface area contributed by atoms with Crippen molar-refractivity contribution in [2.75, 3.05) is 18.4 Å². The summed E-state index contributed by atoms with van der Waals surface area (Å²) in [6.45, 7) is 0.509. The first-order chi connectivity index (χ1) is 11.0. The summed E-state index contributed by atoms with van der Waals surface area (Å²) in [5.74, 6) is -0.645. The fraction of sp³-hybridized carbons (Fsp3) is 0.133. The quantitative estimate of drug-likeness (QED) is 0.428. The molecule has 0 aliphatic carbocycles. The number of halogens is 1. The molecule has 8 heteroatoms. The zero-order chi connectivity index (χ0) is 16.8. The highest BCUT2D eigenvalue weighted by Crippen LogP contribution is 2.23. The fourth-order valence-corrected chi connectivity index (χ4v) is 2.11. The Kier molecular flexibility index (Phi) is 5.37. The van der Waals surface area contributed by atoms with Crippen LogP contribution in [0.3, 0.4) is 0 Å². The summed E-state index contributed by atoms with van der Waals surface area (Å²) in [6.07, 6.45) is 0. The van der Waals surface area contributed by atoms with Gasteiger partial charge in [-0.1, -0.05) is 23.7 Å². The average molecular weight is 336 g/mol. The van der Waals surface area contributed by atoms with E-state index in [1.54, 1.807) is 18.2 Å². The Morgan fingerprint density at radius 1 is 1.22 bits per heavy atom.